The highest BCUT2D eigenvalue weighted by Gasteiger charge is 2.09. The van der Waals surface area contributed by atoms with Crippen LogP contribution in [0.1, 0.15) is 5.56 Å². The Hall–Kier alpha value is -1.82. The van der Waals surface area contributed by atoms with Crippen LogP contribution in [0.3, 0.4) is 0 Å². The molecule has 0 aromatic heterocycles. The van der Waals surface area contributed by atoms with Gasteiger partial charge in [-0.15, -0.1) is 0 Å². The maximum absolute atomic E-state index is 13.5. The highest BCUT2D eigenvalue weighted by molar-refractivity contribution is 9.10. The summed E-state index contributed by atoms with van der Waals surface area (Å²) in [5, 5.41) is 21.5. The lowest BCUT2D eigenvalue weighted by atomic mass is 10.2. The van der Waals surface area contributed by atoms with Crippen LogP contribution in [0.2, 0.25) is 0 Å². The van der Waals surface area contributed by atoms with Crippen LogP contribution in [-0.4, -0.2) is 10.2 Å². The zero-order valence-electron chi connectivity index (χ0n) is 9.62. The van der Waals surface area contributed by atoms with Crippen LogP contribution in [0.4, 0.5) is 14.5 Å². The molecule has 3 nitrogen and oxygen atoms in total. The van der Waals surface area contributed by atoms with Gasteiger partial charge >= 0.3 is 0 Å². The van der Waals surface area contributed by atoms with Crippen molar-refractivity contribution in [3.05, 3.63) is 52.0 Å². The monoisotopic (exact) mass is 329 g/mol. The Morgan fingerprint density at radius 2 is 1.79 bits per heavy atom. The van der Waals surface area contributed by atoms with E-state index in [9.17, 15) is 13.9 Å². The fourth-order valence-electron chi connectivity index (χ4n) is 1.55. The van der Waals surface area contributed by atoms with Gasteiger partial charge in [0.2, 0.25) is 0 Å². The maximum Gasteiger partial charge on any atom is 0.149 e. The molecule has 100 valence electrons. The van der Waals surface area contributed by atoms with E-state index >= 15 is 0 Å². The van der Waals surface area contributed by atoms with Gasteiger partial charge in [-0.3, -0.25) is 0 Å². The largest absolute Gasteiger partial charge is 0.508 e. The molecule has 0 aliphatic rings. The fourth-order valence-corrected chi connectivity index (χ4v) is 1.89. The first-order valence-corrected chi connectivity index (χ1v) is 6.16. The Balaban J connectivity index is 2.16. The Labute approximate surface area is 116 Å². The van der Waals surface area contributed by atoms with E-state index < -0.39 is 11.6 Å². The number of nitrogens with one attached hydrogen (secondary N) is 1. The summed E-state index contributed by atoms with van der Waals surface area (Å²) in [5.74, 6) is -1.57. The third-order valence-corrected chi connectivity index (χ3v) is 3.16. The van der Waals surface area contributed by atoms with Crippen LogP contribution in [-0.2, 0) is 6.54 Å². The topological polar surface area (TPSA) is 52.5 Å². The molecule has 0 saturated carbocycles. The van der Waals surface area contributed by atoms with Crippen molar-refractivity contribution in [3.63, 3.8) is 0 Å². The molecule has 0 amide bonds. The molecule has 0 fully saturated rings. The van der Waals surface area contributed by atoms with Crippen molar-refractivity contribution in [1.82, 2.24) is 0 Å². The number of halogens is 3. The second kappa shape index (κ2) is 5.44. The molecule has 2 rings (SSSR count). The number of phenols is 2. The van der Waals surface area contributed by atoms with Crippen LogP contribution in [0.5, 0.6) is 11.5 Å². The third kappa shape index (κ3) is 3.14. The van der Waals surface area contributed by atoms with Crippen molar-refractivity contribution in [1.29, 1.82) is 0 Å². The first-order valence-electron chi connectivity index (χ1n) is 5.36. The van der Waals surface area contributed by atoms with Crippen molar-refractivity contribution in [3.8, 4) is 11.5 Å². The molecule has 3 N–H and O–H groups in total. The van der Waals surface area contributed by atoms with Gasteiger partial charge in [-0.2, -0.15) is 0 Å². The van der Waals surface area contributed by atoms with Crippen LogP contribution in [0, 0.1) is 11.6 Å². The normalized spacial score (nSPS) is 10.5. The lowest BCUT2D eigenvalue weighted by Gasteiger charge is -2.10. The highest BCUT2D eigenvalue weighted by Crippen LogP contribution is 2.26. The molecular weight excluding hydrogens is 320 g/mol. The van der Waals surface area contributed by atoms with E-state index in [0.29, 0.717) is 5.56 Å². The highest BCUT2D eigenvalue weighted by atomic mass is 79.9. The van der Waals surface area contributed by atoms with Gasteiger partial charge in [-0.05, 0) is 34.1 Å². The first-order chi connectivity index (χ1) is 8.97. The minimum Gasteiger partial charge on any atom is -0.508 e. The molecule has 6 heteroatoms. The summed E-state index contributed by atoms with van der Waals surface area (Å²) in [6.45, 7) is 0.140. The maximum atomic E-state index is 13.5. The molecule has 0 heterocycles. The van der Waals surface area contributed by atoms with E-state index in [4.69, 9.17) is 5.11 Å². The molecule has 0 bridgehead atoms. The first kappa shape index (κ1) is 13.6. The molecule has 19 heavy (non-hydrogen) atoms. The Morgan fingerprint density at radius 1 is 1.05 bits per heavy atom. The van der Waals surface area contributed by atoms with Gasteiger partial charge in [0.25, 0.3) is 0 Å². The predicted molar refractivity (Wildman–Crippen MR) is 71.2 cm³/mol. The molecule has 0 aliphatic carbocycles. The average Bonchev–Trinajstić information content (AvgIpc) is 2.34. The molecule has 0 spiro atoms. The summed E-state index contributed by atoms with van der Waals surface area (Å²) >= 11 is 2.97. The summed E-state index contributed by atoms with van der Waals surface area (Å²) in [6, 6.07) is 6.15. The zero-order valence-corrected chi connectivity index (χ0v) is 11.2. The minimum absolute atomic E-state index is 0.0584. The summed E-state index contributed by atoms with van der Waals surface area (Å²) in [4.78, 5) is 0. The average molecular weight is 330 g/mol. The van der Waals surface area contributed by atoms with E-state index in [1.54, 1.807) is 0 Å². The van der Waals surface area contributed by atoms with Gasteiger partial charge in [0.15, 0.2) is 0 Å². The van der Waals surface area contributed by atoms with Crippen molar-refractivity contribution in [2.45, 2.75) is 6.54 Å². The molecule has 0 unspecified atom stereocenters. The number of anilines is 1. The fraction of sp³-hybridized carbons (Fsp3) is 0.0769. The van der Waals surface area contributed by atoms with Gasteiger partial charge in [0.05, 0.1) is 10.2 Å². The zero-order chi connectivity index (χ0) is 14.0. The number of benzene rings is 2. The Kier molecular flexibility index (Phi) is 3.90. The molecular formula is C13H10BrF2NO2. The molecule has 0 radical (unpaired) electrons. The summed E-state index contributed by atoms with van der Waals surface area (Å²) in [6.07, 6.45) is 0. The smallest absolute Gasteiger partial charge is 0.149 e. The lowest BCUT2D eigenvalue weighted by molar-refractivity contribution is 0.446. The van der Waals surface area contributed by atoms with E-state index in [1.165, 1.54) is 24.3 Å². The van der Waals surface area contributed by atoms with Gasteiger partial charge in [0.1, 0.15) is 23.1 Å². The van der Waals surface area contributed by atoms with Gasteiger partial charge < -0.3 is 15.5 Å². The summed E-state index contributed by atoms with van der Waals surface area (Å²) < 4.78 is 26.7. The second-order valence-electron chi connectivity index (χ2n) is 3.91. The van der Waals surface area contributed by atoms with Gasteiger partial charge in [-0.1, -0.05) is 0 Å². The van der Waals surface area contributed by atoms with E-state index in [1.807, 2.05) is 0 Å². The van der Waals surface area contributed by atoms with Crippen molar-refractivity contribution in [2.24, 2.45) is 0 Å². The molecule has 0 saturated heterocycles. The predicted octanol–water partition coefficient (Wildman–Crippen LogP) is 3.75. The molecule has 0 atom stereocenters. The Morgan fingerprint density at radius 3 is 2.47 bits per heavy atom. The van der Waals surface area contributed by atoms with E-state index in [-0.39, 0.29) is 28.2 Å². The number of phenolic OH excluding ortho intramolecular Hbond substituents is 2. The number of hydrogen-bond donors (Lipinski definition) is 3. The number of hydrogen-bond acceptors (Lipinski definition) is 3. The van der Waals surface area contributed by atoms with E-state index in [2.05, 4.69) is 21.2 Å². The van der Waals surface area contributed by atoms with Gasteiger partial charge in [0, 0.05) is 24.2 Å². The van der Waals surface area contributed by atoms with Crippen LogP contribution in [0.25, 0.3) is 0 Å². The number of aromatic hydroxyl groups is 2. The lowest BCUT2D eigenvalue weighted by Crippen LogP contribution is -2.02. The van der Waals surface area contributed by atoms with Crippen molar-refractivity contribution >= 4 is 21.6 Å². The number of rotatable bonds is 3. The van der Waals surface area contributed by atoms with Crippen LogP contribution < -0.4 is 5.32 Å². The van der Waals surface area contributed by atoms with Crippen LogP contribution in [0.15, 0.2) is 34.8 Å². The molecule has 2 aromatic rings. The molecule has 0 aliphatic heterocycles. The summed E-state index contributed by atoms with van der Waals surface area (Å²) in [5.41, 5.74) is 0.596. The van der Waals surface area contributed by atoms with Gasteiger partial charge in [-0.25, -0.2) is 8.78 Å². The quantitative estimate of drug-likeness (QED) is 0.752. The Bertz CT molecular complexity index is 620. The standard InChI is InChI=1S/C13H10BrF2NO2/c14-9-4-12(11(16)5-10(9)15)17-6-7-1-2-8(18)3-13(7)19/h1-5,17-19H,6H2. The summed E-state index contributed by atoms with van der Waals surface area (Å²) in [7, 11) is 0. The van der Waals surface area contributed by atoms with Crippen LogP contribution >= 0.6 is 15.9 Å². The van der Waals surface area contributed by atoms with Crippen molar-refractivity contribution in [2.75, 3.05) is 5.32 Å². The SMILES string of the molecule is Oc1ccc(CNc2cc(Br)c(F)cc2F)c(O)c1. The minimum atomic E-state index is -0.723. The third-order valence-electron chi connectivity index (χ3n) is 2.55. The molecule has 2 aromatic carbocycles. The second-order valence-corrected chi connectivity index (χ2v) is 4.77. The van der Waals surface area contributed by atoms with Crippen molar-refractivity contribution < 1.29 is 19.0 Å². The van der Waals surface area contributed by atoms with E-state index in [0.717, 1.165) is 6.07 Å².